The summed E-state index contributed by atoms with van der Waals surface area (Å²) in [7, 11) is 1.62. The van der Waals surface area contributed by atoms with Gasteiger partial charge in [0, 0.05) is 16.5 Å². The van der Waals surface area contributed by atoms with Gasteiger partial charge in [-0.15, -0.1) is 0 Å². The zero-order valence-electron chi connectivity index (χ0n) is 10.1. The molecule has 0 radical (unpaired) electrons. The molecule has 1 atom stereocenters. The molecule has 2 aromatic carbocycles. The summed E-state index contributed by atoms with van der Waals surface area (Å²) in [4.78, 5) is 0. The summed E-state index contributed by atoms with van der Waals surface area (Å²) < 4.78 is 6.28. The van der Waals surface area contributed by atoms with E-state index in [-0.39, 0.29) is 0 Å². The third-order valence-corrected chi connectivity index (χ3v) is 3.64. The van der Waals surface area contributed by atoms with E-state index in [1.165, 1.54) is 0 Å². The molecule has 0 heterocycles. The van der Waals surface area contributed by atoms with Crippen molar-refractivity contribution in [2.45, 2.75) is 12.5 Å². The van der Waals surface area contributed by atoms with E-state index in [1.807, 2.05) is 48.5 Å². The Morgan fingerprint density at radius 1 is 1.11 bits per heavy atom. The van der Waals surface area contributed by atoms with Gasteiger partial charge in [-0.25, -0.2) is 0 Å². The number of aliphatic hydroxyl groups is 1. The van der Waals surface area contributed by atoms with Crippen LogP contribution in [0, 0.1) is 0 Å². The second-order valence-electron chi connectivity index (χ2n) is 4.05. The highest BCUT2D eigenvalue weighted by atomic mass is 79.9. The molecule has 3 heteroatoms. The lowest BCUT2D eigenvalue weighted by atomic mass is 10.0. The van der Waals surface area contributed by atoms with E-state index in [1.54, 1.807) is 7.11 Å². The second-order valence-corrected chi connectivity index (χ2v) is 4.91. The molecule has 0 aliphatic heterocycles. The molecule has 0 spiro atoms. The summed E-state index contributed by atoms with van der Waals surface area (Å²) in [6.07, 6.45) is -0.0122. The third kappa shape index (κ3) is 2.92. The molecule has 0 aliphatic rings. The Morgan fingerprint density at radius 2 is 1.78 bits per heavy atom. The molecule has 0 aromatic heterocycles. The minimum Gasteiger partial charge on any atom is -0.496 e. The Bertz CT molecular complexity index is 525. The molecule has 0 saturated heterocycles. The first-order valence-electron chi connectivity index (χ1n) is 5.76. The van der Waals surface area contributed by atoms with Crippen LogP contribution in [0.4, 0.5) is 0 Å². The molecule has 0 fully saturated rings. The largest absolute Gasteiger partial charge is 0.496 e. The number of para-hydroxylation sites is 1. The summed E-state index contributed by atoms with van der Waals surface area (Å²) in [5.74, 6) is 0.719. The summed E-state index contributed by atoms with van der Waals surface area (Å²) in [5.41, 5.74) is 1.90. The first kappa shape index (κ1) is 13.1. The van der Waals surface area contributed by atoms with Crippen molar-refractivity contribution in [1.82, 2.24) is 0 Å². The van der Waals surface area contributed by atoms with Gasteiger partial charge in [0.1, 0.15) is 5.75 Å². The average Bonchev–Trinajstić information content (AvgIpc) is 2.41. The predicted molar refractivity (Wildman–Crippen MR) is 75.8 cm³/mol. The number of rotatable bonds is 4. The number of halogens is 1. The minimum atomic E-state index is -0.570. The van der Waals surface area contributed by atoms with Crippen molar-refractivity contribution >= 4 is 15.9 Å². The second kappa shape index (κ2) is 6.03. The van der Waals surface area contributed by atoms with E-state index in [0.29, 0.717) is 6.42 Å². The topological polar surface area (TPSA) is 29.5 Å². The molecular weight excluding hydrogens is 292 g/mol. The molecule has 1 unspecified atom stereocenters. The molecule has 2 nitrogen and oxygen atoms in total. The number of benzene rings is 2. The molecule has 0 bridgehead atoms. The Morgan fingerprint density at radius 3 is 2.50 bits per heavy atom. The quantitative estimate of drug-likeness (QED) is 0.932. The van der Waals surface area contributed by atoms with Crippen LogP contribution in [0.25, 0.3) is 0 Å². The molecule has 0 amide bonds. The fourth-order valence-corrected chi connectivity index (χ4v) is 2.37. The first-order chi connectivity index (χ1) is 8.72. The highest BCUT2D eigenvalue weighted by Crippen LogP contribution is 2.29. The van der Waals surface area contributed by atoms with Gasteiger partial charge in [-0.05, 0) is 17.7 Å². The van der Waals surface area contributed by atoms with Crippen LogP contribution in [-0.4, -0.2) is 12.2 Å². The molecule has 1 N–H and O–H groups in total. The number of hydrogen-bond donors (Lipinski definition) is 1. The van der Waals surface area contributed by atoms with Crippen molar-refractivity contribution in [3.05, 3.63) is 64.1 Å². The van der Waals surface area contributed by atoms with Gasteiger partial charge in [0.15, 0.2) is 0 Å². The van der Waals surface area contributed by atoms with Crippen LogP contribution < -0.4 is 4.74 Å². The van der Waals surface area contributed by atoms with Crippen molar-refractivity contribution in [3.63, 3.8) is 0 Å². The highest BCUT2D eigenvalue weighted by Gasteiger charge is 2.14. The normalized spacial score (nSPS) is 12.2. The molecule has 18 heavy (non-hydrogen) atoms. The monoisotopic (exact) mass is 306 g/mol. The SMILES string of the molecule is COc1ccccc1C(O)Cc1ccccc1Br. The maximum absolute atomic E-state index is 10.3. The van der Waals surface area contributed by atoms with Crippen molar-refractivity contribution in [2.24, 2.45) is 0 Å². The first-order valence-corrected chi connectivity index (χ1v) is 6.56. The van der Waals surface area contributed by atoms with E-state index >= 15 is 0 Å². The van der Waals surface area contributed by atoms with Crippen molar-refractivity contribution in [1.29, 1.82) is 0 Å². The summed E-state index contributed by atoms with van der Waals surface area (Å²) >= 11 is 3.49. The van der Waals surface area contributed by atoms with Crippen LogP contribution in [0.1, 0.15) is 17.2 Å². The molecule has 0 saturated carbocycles. The van der Waals surface area contributed by atoms with Crippen LogP contribution in [0.15, 0.2) is 53.0 Å². The Balaban J connectivity index is 2.22. The van der Waals surface area contributed by atoms with E-state index in [4.69, 9.17) is 4.74 Å². The highest BCUT2D eigenvalue weighted by molar-refractivity contribution is 9.10. The van der Waals surface area contributed by atoms with Gasteiger partial charge in [-0.1, -0.05) is 52.3 Å². The smallest absolute Gasteiger partial charge is 0.124 e. The summed E-state index contributed by atoms with van der Waals surface area (Å²) in [6.45, 7) is 0. The molecule has 2 rings (SSSR count). The van der Waals surface area contributed by atoms with Gasteiger partial charge in [-0.2, -0.15) is 0 Å². The van der Waals surface area contributed by atoms with Gasteiger partial charge < -0.3 is 9.84 Å². The zero-order chi connectivity index (χ0) is 13.0. The molecular formula is C15H15BrO2. The van der Waals surface area contributed by atoms with E-state index in [9.17, 15) is 5.11 Å². The molecule has 0 aliphatic carbocycles. The number of ether oxygens (including phenoxy) is 1. The van der Waals surface area contributed by atoms with Crippen molar-refractivity contribution < 1.29 is 9.84 Å². The Kier molecular flexibility index (Phi) is 4.39. The maximum Gasteiger partial charge on any atom is 0.124 e. The molecule has 94 valence electrons. The van der Waals surface area contributed by atoms with Crippen LogP contribution in [0.3, 0.4) is 0 Å². The van der Waals surface area contributed by atoms with Crippen LogP contribution in [0.2, 0.25) is 0 Å². The zero-order valence-corrected chi connectivity index (χ0v) is 11.7. The fourth-order valence-electron chi connectivity index (χ4n) is 1.92. The van der Waals surface area contributed by atoms with Gasteiger partial charge in [0.05, 0.1) is 13.2 Å². The van der Waals surface area contributed by atoms with E-state index < -0.39 is 6.10 Å². The summed E-state index contributed by atoms with van der Waals surface area (Å²) in [6, 6.07) is 15.5. The number of methoxy groups -OCH3 is 1. The van der Waals surface area contributed by atoms with Crippen LogP contribution in [0.5, 0.6) is 5.75 Å². The standard InChI is InChI=1S/C15H15BrO2/c1-18-15-9-5-3-7-12(15)14(17)10-11-6-2-4-8-13(11)16/h2-9,14,17H,10H2,1H3. The van der Waals surface area contributed by atoms with E-state index in [2.05, 4.69) is 15.9 Å². The Hall–Kier alpha value is -1.32. The van der Waals surface area contributed by atoms with E-state index in [0.717, 1.165) is 21.3 Å². The maximum atomic E-state index is 10.3. The van der Waals surface area contributed by atoms with Gasteiger partial charge >= 0.3 is 0 Å². The summed E-state index contributed by atoms with van der Waals surface area (Å²) in [5, 5.41) is 10.3. The lowest BCUT2D eigenvalue weighted by Gasteiger charge is -2.15. The number of aliphatic hydroxyl groups excluding tert-OH is 1. The Labute approximate surface area is 115 Å². The van der Waals surface area contributed by atoms with Crippen molar-refractivity contribution in [3.8, 4) is 5.75 Å². The fraction of sp³-hybridized carbons (Fsp3) is 0.200. The number of hydrogen-bond acceptors (Lipinski definition) is 2. The third-order valence-electron chi connectivity index (χ3n) is 2.87. The van der Waals surface area contributed by atoms with Crippen LogP contribution >= 0.6 is 15.9 Å². The lowest BCUT2D eigenvalue weighted by Crippen LogP contribution is -2.04. The lowest BCUT2D eigenvalue weighted by molar-refractivity contribution is 0.174. The van der Waals surface area contributed by atoms with Gasteiger partial charge in [0.25, 0.3) is 0 Å². The van der Waals surface area contributed by atoms with Crippen molar-refractivity contribution in [2.75, 3.05) is 7.11 Å². The minimum absolute atomic E-state index is 0.557. The van der Waals surface area contributed by atoms with Gasteiger partial charge in [0.2, 0.25) is 0 Å². The molecule has 2 aromatic rings. The van der Waals surface area contributed by atoms with Gasteiger partial charge in [-0.3, -0.25) is 0 Å². The van der Waals surface area contributed by atoms with Crippen LogP contribution in [-0.2, 0) is 6.42 Å². The predicted octanol–water partition coefficient (Wildman–Crippen LogP) is 3.73. The average molecular weight is 307 g/mol.